The molecule has 11 heteroatoms. The van der Waals surface area contributed by atoms with Crippen LogP contribution in [0.25, 0.3) is 0 Å². The summed E-state index contributed by atoms with van der Waals surface area (Å²) in [6.07, 6.45) is 0. The van der Waals surface area contributed by atoms with Crippen LogP contribution < -0.4 is 5.32 Å². The number of halogens is 4. The van der Waals surface area contributed by atoms with Crippen molar-refractivity contribution in [2.75, 3.05) is 11.9 Å². The van der Waals surface area contributed by atoms with E-state index in [-0.39, 0.29) is 42.7 Å². The van der Waals surface area contributed by atoms with Crippen molar-refractivity contribution in [3.05, 3.63) is 48.1 Å². The third kappa shape index (κ3) is 3.03. The number of hydrogen-bond donors (Lipinski definition) is 1. The zero-order valence-electron chi connectivity index (χ0n) is 14.2. The fraction of sp³-hybridized carbons (Fsp3) is 0.176. The van der Waals surface area contributed by atoms with E-state index in [2.05, 4.69) is 5.32 Å². The summed E-state index contributed by atoms with van der Waals surface area (Å²) in [5.41, 5.74) is 0.279. The molecule has 2 heterocycles. The van der Waals surface area contributed by atoms with E-state index < -0.39 is 24.3 Å². The molecule has 3 amide bonds. The summed E-state index contributed by atoms with van der Waals surface area (Å²) in [4.78, 5) is 38.2. The largest absolute Gasteiger partial charge is 0.444 e. The summed E-state index contributed by atoms with van der Waals surface area (Å²) in [6, 6.07) is 1.92. The van der Waals surface area contributed by atoms with Crippen LogP contribution >= 0.6 is 46.4 Å². The highest BCUT2D eigenvalue weighted by atomic mass is 35.5. The molecule has 2 aromatic rings. The summed E-state index contributed by atoms with van der Waals surface area (Å²) in [5.74, 6) is -2.05. The van der Waals surface area contributed by atoms with E-state index in [1.165, 1.54) is 0 Å². The van der Waals surface area contributed by atoms with Crippen LogP contribution in [0.3, 0.4) is 0 Å². The number of rotatable bonds is 3. The van der Waals surface area contributed by atoms with E-state index >= 15 is 0 Å². The van der Waals surface area contributed by atoms with Crippen molar-refractivity contribution in [2.24, 2.45) is 0 Å². The number of amides is 3. The van der Waals surface area contributed by atoms with Gasteiger partial charge in [0.15, 0.2) is 0 Å². The van der Waals surface area contributed by atoms with Gasteiger partial charge >= 0.3 is 0 Å². The van der Waals surface area contributed by atoms with E-state index in [0.717, 1.165) is 0 Å². The summed E-state index contributed by atoms with van der Waals surface area (Å²) >= 11 is 24.0. The van der Waals surface area contributed by atoms with Gasteiger partial charge in [0, 0.05) is 5.56 Å². The molecule has 1 N–H and O–H groups in total. The smallest absolute Gasteiger partial charge is 0.263 e. The molecule has 0 saturated carbocycles. The van der Waals surface area contributed by atoms with Crippen molar-refractivity contribution < 1.29 is 18.8 Å². The Balaban J connectivity index is 1.90. The highest BCUT2D eigenvalue weighted by Gasteiger charge is 2.42. The molecule has 1 aromatic heterocycles. The number of nitrogens with zero attached hydrogens (tertiary/aromatic N) is 2. The van der Waals surface area contributed by atoms with Crippen molar-refractivity contribution >= 4 is 70.0 Å². The lowest BCUT2D eigenvalue weighted by Crippen LogP contribution is -2.37. The second kappa shape index (κ2) is 7.30. The number of carbonyl (C=O) groups is 3. The van der Waals surface area contributed by atoms with Crippen LogP contribution in [-0.4, -0.2) is 29.2 Å². The fourth-order valence-corrected chi connectivity index (χ4v) is 3.71. The van der Waals surface area contributed by atoms with E-state index in [1.54, 1.807) is 13.8 Å². The molecule has 0 radical (unpaired) electrons. The van der Waals surface area contributed by atoms with Gasteiger partial charge in [0.25, 0.3) is 11.8 Å². The molecule has 0 unspecified atom stereocenters. The topological polar surface area (TPSA) is 103 Å². The number of fused-ring (bicyclic) bond motifs is 1. The Kier molecular flexibility index (Phi) is 5.34. The van der Waals surface area contributed by atoms with Gasteiger partial charge in [-0.2, -0.15) is 5.26 Å². The van der Waals surface area contributed by atoms with E-state index in [0.29, 0.717) is 16.2 Å². The summed E-state index contributed by atoms with van der Waals surface area (Å²) in [7, 11) is 0. The zero-order chi connectivity index (χ0) is 20.9. The number of benzene rings is 1. The SMILES string of the molecule is Cc1oc(NC(=O)CN2C(=O)c3c(Cl)c(Cl)c(Cl)c(Cl)c3C2=O)c(C#N)c1C. The molecule has 1 aromatic carbocycles. The van der Waals surface area contributed by atoms with E-state index in [9.17, 15) is 19.6 Å². The molecule has 0 spiro atoms. The van der Waals surface area contributed by atoms with Gasteiger partial charge < -0.3 is 4.42 Å². The minimum atomic E-state index is -0.840. The van der Waals surface area contributed by atoms with Crippen molar-refractivity contribution in [1.82, 2.24) is 4.90 Å². The Hall–Kier alpha value is -2.24. The summed E-state index contributed by atoms with van der Waals surface area (Å²) in [5, 5.41) is 10.8. The van der Waals surface area contributed by atoms with Crippen LogP contribution in [0.1, 0.15) is 37.6 Å². The lowest BCUT2D eigenvalue weighted by Gasteiger charge is -2.13. The van der Waals surface area contributed by atoms with Crippen molar-refractivity contribution in [3.8, 4) is 6.07 Å². The first-order chi connectivity index (χ1) is 13.1. The van der Waals surface area contributed by atoms with Crippen LogP contribution in [-0.2, 0) is 4.79 Å². The van der Waals surface area contributed by atoms with Gasteiger partial charge in [-0.05, 0) is 13.8 Å². The standard InChI is InChI=1S/C17H9Cl4N3O4/c1-5-6(2)28-15(7(5)3-22)23-8(25)4-24-16(26)9-10(17(24)27)12(19)14(21)13(20)11(9)18/h4H2,1-2H3,(H,23,25). The maximum Gasteiger partial charge on any atom is 0.263 e. The van der Waals surface area contributed by atoms with Crippen molar-refractivity contribution in [1.29, 1.82) is 5.26 Å². The number of anilines is 1. The zero-order valence-corrected chi connectivity index (χ0v) is 17.3. The Morgan fingerprint density at radius 3 is 2.00 bits per heavy atom. The summed E-state index contributed by atoms with van der Waals surface area (Å²) < 4.78 is 5.34. The summed E-state index contributed by atoms with van der Waals surface area (Å²) in [6.45, 7) is 2.64. The maximum absolute atomic E-state index is 12.6. The van der Waals surface area contributed by atoms with E-state index in [4.69, 9.17) is 50.8 Å². The van der Waals surface area contributed by atoms with Crippen molar-refractivity contribution in [3.63, 3.8) is 0 Å². The normalized spacial score (nSPS) is 13.0. The van der Waals surface area contributed by atoms with Gasteiger partial charge in [0.1, 0.15) is 23.9 Å². The predicted octanol–water partition coefficient (Wildman–Crippen LogP) is 4.62. The third-order valence-corrected chi connectivity index (χ3v) is 6.04. The molecule has 0 atom stereocenters. The molecule has 7 nitrogen and oxygen atoms in total. The molecule has 1 aliphatic heterocycles. The molecular weight excluding hydrogens is 452 g/mol. The number of aryl methyl sites for hydroxylation is 1. The van der Waals surface area contributed by atoms with Gasteiger partial charge in [0.05, 0.1) is 31.2 Å². The monoisotopic (exact) mass is 459 g/mol. The van der Waals surface area contributed by atoms with Gasteiger partial charge in [-0.1, -0.05) is 46.4 Å². The number of carbonyl (C=O) groups excluding carboxylic acids is 3. The van der Waals surface area contributed by atoms with Gasteiger partial charge in [-0.15, -0.1) is 0 Å². The number of nitriles is 1. The predicted molar refractivity (Wildman–Crippen MR) is 103 cm³/mol. The lowest BCUT2D eigenvalue weighted by atomic mass is 10.1. The van der Waals surface area contributed by atoms with Gasteiger partial charge in [-0.25, -0.2) is 0 Å². The molecule has 0 fully saturated rings. The van der Waals surface area contributed by atoms with Crippen LogP contribution in [0.2, 0.25) is 20.1 Å². The Labute approximate surface area is 178 Å². The first-order valence-electron chi connectivity index (χ1n) is 7.62. The molecule has 0 saturated heterocycles. The first kappa shape index (κ1) is 20.5. The Bertz CT molecular complexity index is 1070. The van der Waals surface area contributed by atoms with Crippen LogP contribution in [0, 0.1) is 25.2 Å². The quantitative estimate of drug-likeness (QED) is 0.409. The molecule has 28 heavy (non-hydrogen) atoms. The van der Waals surface area contributed by atoms with Crippen LogP contribution in [0.15, 0.2) is 4.42 Å². The second-order valence-electron chi connectivity index (χ2n) is 5.85. The molecule has 3 rings (SSSR count). The second-order valence-corrected chi connectivity index (χ2v) is 7.36. The lowest BCUT2D eigenvalue weighted by molar-refractivity contribution is -0.116. The minimum absolute atomic E-state index is 0.0683. The first-order valence-corrected chi connectivity index (χ1v) is 9.13. The number of furan rings is 1. The molecule has 144 valence electrons. The molecule has 0 bridgehead atoms. The third-order valence-electron chi connectivity index (χ3n) is 4.24. The van der Waals surface area contributed by atoms with E-state index in [1.807, 2.05) is 6.07 Å². The highest BCUT2D eigenvalue weighted by Crippen LogP contribution is 2.44. The Morgan fingerprint density at radius 1 is 1.04 bits per heavy atom. The highest BCUT2D eigenvalue weighted by molar-refractivity contribution is 6.55. The fourth-order valence-electron chi connectivity index (χ4n) is 2.70. The number of imide groups is 1. The van der Waals surface area contributed by atoms with Crippen LogP contribution in [0.5, 0.6) is 0 Å². The average Bonchev–Trinajstić information content (AvgIpc) is 3.05. The van der Waals surface area contributed by atoms with Gasteiger partial charge in [-0.3, -0.25) is 24.6 Å². The van der Waals surface area contributed by atoms with Gasteiger partial charge in [0.2, 0.25) is 11.8 Å². The minimum Gasteiger partial charge on any atom is -0.444 e. The number of hydrogen-bond acceptors (Lipinski definition) is 5. The van der Waals surface area contributed by atoms with Crippen LogP contribution in [0.4, 0.5) is 5.88 Å². The molecule has 1 aliphatic rings. The maximum atomic E-state index is 12.6. The van der Waals surface area contributed by atoms with Crippen molar-refractivity contribution in [2.45, 2.75) is 13.8 Å². The Morgan fingerprint density at radius 2 is 1.54 bits per heavy atom. The average molecular weight is 461 g/mol. The molecular formula is C17H9Cl4N3O4. The molecule has 0 aliphatic carbocycles. The number of nitrogens with one attached hydrogen (secondary N) is 1.